The maximum absolute atomic E-state index is 12.1. The van der Waals surface area contributed by atoms with Crippen molar-refractivity contribution in [3.05, 3.63) is 29.8 Å². The predicted molar refractivity (Wildman–Crippen MR) is 69.9 cm³/mol. The molecule has 0 aromatic heterocycles. The van der Waals surface area contributed by atoms with E-state index in [-0.39, 0.29) is 0 Å². The number of rotatable bonds is 3. The minimum absolute atomic E-state index is 0.420. The summed E-state index contributed by atoms with van der Waals surface area (Å²) in [7, 11) is 0. The molecule has 1 saturated carbocycles. The third kappa shape index (κ3) is 3.34. The van der Waals surface area contributed by atoms with Crippen molar-refractivity contribution in [2.75, 3.05) is 0 Å². The number of aryl methyl sites for hydroxylation is 1. The number of carbonyl (C=O) groups is 2. The Kier molecular flexibility index (Phi) is 4.20. The van der Waals surface area contributed by atoms with Gasteiger partial charge >= 0.3 is 11.9 Å². The first kappa shape index (κ1) is 13.6. The van der Waals surface area contributed by atoms with Gasteiger partial charge in [-0.3, -0.25) is 9.59 Å². The summed E-state index contributed by atoms with van der Waals surface area (Å²) in [5.41, 5.74) is 1.08. The Balaban J connectivity index is 2.05. The largest absolute Gasteiger partial charge is 0.481 e. The van der Waals surface area contributed by atoms with Crippen LogP contribution in [0.15, 0.2) is 24.3 Å². The Hall–Kier alpha value is -1.84. The second-order valence-corrected chi connectivity index (χ2v) is 5.07. The lowest BCUT2D eigenvalue weighted by molar-refractivity contribution is -0.154. The summed E-state index contributed by atoms with van der Waals surface area (Å²) in [6.07, 6.45) is 2.91. The zero-order valence-electron chi connectivity index (χ0n) is 11.0. The van der Waals surface area contributed by atoms with Crippen LogP contribution in [0.5, 0.6) is 5.75 Å². The SMILES string of the molecule is Cc1ccc(OC(=O)[C@@H]2CCCC[C@H]2C(=O)O)cc1. The fraction of sp³-hybridized carbons (Fsp3) is 0.467. The highest BCUT2D eigenvalue weighted by atomic mass is 16.5. The van der Waals surface area contributed by atoms with Gasteiger partial charge in [-0.1, -0.05) is 30.5 Å². The van der Waals surface area contributed by atoms with Crippen molar-refractivity contribution in [1.82, 2.24) is 0 Å². The Morgan fingerprint density at radius 1 is 1.11 bits per heavy atom. The first-order chi connectivity index (χ1) is 9.08. The Labute approximate surface area is 112 Å². The van der Waals surface area contributed by atoms with Crippen molar-refractivity contribution < 1.29 is 19.4 Å². The molecular formula is C15H18O4. The average molecular weight is 262 g/mol. The van der Waals surface area contributed by atoms with Gasteiger partial charge in [0, 0.05) is 0 Å². The van der Waals surface area contributed by atoms with Crippen molar-refractivity contribution in [2.24, 2.45) is 11.8 Å². The molecule has 0 bridgehead atoms. The quantitative estimate of drug-likeness (QED) is 0.672. The van der Waals surface area contributed by atoms with Gasteiger partial charge in [-0.2, -0.15) is 0 Å². The average Bonchev–Trinajstić information content (AvgIpc) is 2.41. The molecule has 0 aliphatic heterocycles. The highest BCUT2D eigenvalue weighted by Gasteiger charge is 2.36. The van der Waals surface area contributed by atoms with Crippen LogP contribution < -0.4 is 4.74 Å². The highest BCUT2D eigenvalue weighted by Crippen LogP contribution is 2.31. The molecule has 19 heavy (non-hydrogen) atoms. The first-order valence-corrected chi connectivity index (χ1v) is 6.59. The second-order valence-electron chi connectivity index (χ2n) is 5.07. The summed E-state index contributed by atoms with van der Waals surface area (Å²) < 4.78 is 5.29. The zero-order valence-corrected chi connectivity index (χ0v) is 11.0. The predicted octanol–water partition coefficient (Wildman–Crippen LogP) is 2.79. The van der Waals surface area contributed by atoms with Gasteiger partial charge < -0.3 is 9.84 Å². The Bertz CT molecular complexity index is 464. The first-order valence-electron chi connectivity index (χ1n) is 6.59. The molecule has 1 fully saturated rings. The van der Waals surface area contributed by atoms with E-state index in [1.54, 1.807) is 12.1 Å². The van der Waals surface area contributed by atoms with E-state index in [0.29, 0.717) is 18.6 Å². The van der Waals surface area contributed by atoms with Gasteiger partial charge in [0.1, 0.15) is 5.75 Å². The molecular weight excluding hydrogens is 244 g/mol. The summed E-state index contributed by atoms with van der Waals surface area (Å²) >= 11 is 0. The molecule has 2 rings (SSSR count). The van der Waals surface area contributed by atoms with Crippen molar-refractivity contribution in [3.63, 3.8) is 0 Å². The van der Waals surface area contributed by atoms with Crippen LogP contribution in [0.25, 0.3) is 0 Å². The topological polar surface area (TPSA) is 63.6 Å². The van der Waals surface area contributed by atoms with E-state index in [2.05, 4.69) is 0 Å². The van der Waals surface area contributed by atoms with Crippen LogP contribution in [0.3, 0.4) is 0 Å². The van der Waals surface area contributed by atoms with Crippen LogP contribution in [-0.2, 0) is 9.59 Å². The normalized spacial score (nSPS) is 22.8. The summed E-state index contributed by atoms with van der Waals surface area (Å²) in [4.78, 5) is 23.2. The molecule has 1 aromatic carbocycles. The van der Waals surface area contributed by atoms with Crippen molar-refractivity contribution in [1.29, 1.82) is 0 Å². The summed E-state index contributed by atoms with van der Waals surface area (Å²) in [5.74, 6) is -1.97. The lowest BCUT2D eigenvalue weighted by atomic mass is 9.79. The van der Waals surface area contributed by atoms with E-state index in [9.17, 15) is 9.59 Å². The molecule has 0 heterocycles. The minimum atomic E-state index is -0.898. The van der Waals surface area contributed by atoms with Gasteiger partial charge in [-0.15, -0.1) is 0 Å². The van der Waals surface area contributed by atoms with E-state index in [1.165, 1.54) is 0 Å². The monoisotopic (exact) mass is 262 g/mol. The van der Waals surface area contributed by atoms with Gasteiger partial charge in [-0.25, -0.2) is 0 Å². The lowest BCUT2D eigenvalue weighted by Gasteiger charge is -2.26. The van der Waals surface area contributed by atoms with Gasteiger partial charge in [0.2, 0.25) is 0 Å². The molecule has 1 N–H and O–H groups in total. The third-order valence-electron chi connectivity index (χ3n) is 3.63. The second kappa shape index (κ2) is 5.87. The molecule has 0 saturated heterocycles. The number of benzene rings is 1. The van der Waals surface area contributed by atoms with Crippen molar-refractivity contribution in [3.8, 4) is 5.75 Å². The molecule has 4 nitrogen and oxygen atoms in total. The Morgan fingerprint density at radius 2 is 1.68 bits per heavy atom. The summed E-state index contributed by atoms with van der Waals surface area (Å²) in [5, 5.41) is 9.15. The molecule has 0 unspecified atom stereocenters. The van der Waals surface area contributed by atoms with Gasteiger partial charge in [-0.05, 0) is 31.9 Å². The van der Waals surface area contributed by atoms with E-state index in [4.69, 9.17) is 9.84 Å². The number of aliphatic carboxylic acids is 1. The van der Waals surface area contributed by atoms with Crippen LogP contribution in [0.4, 0.5) is 0 Å². The Morgan fingerprint density at radius 3 is 2.26 bits per heavy atom. The fourth-order valence-corrected chi connectivity index (χ4v) is 2.51. The summed E-state index contributed by atoms with van der Waals surface area (Å²) in [6.45, 7) is 1.95. The smallest absolute Gasteiger partial charge is 0.315 e. The van der Waals surface area contributed by atoms with Crippen molar-refractivity contribution in [2.45, 2.75) is 32.6 Å². The fourth-order valence-electron chi connectivity index (χ4n) is 2.51. The number of hydrogen-bond donors (Lipinski definition) is 1. The molecule has 0 radical (unpaired) electrons. The van der Waals surface area contributed by atoms with Crippen molar-refractivity contribution >= 4 is 11.9 Å². The molecule has 1 aromatic rings. The molecule has 1 aliphatic rings. The maximum atomic E-state index is 12.1. The molecule has 1 aliphatic carbocycles. The minimum Gasteiger partial charge on any atom is -0.481 e. The van der Waals surface area contributed by atoms with Crippen LogP contribution in [0.2, 0.25) is 0 Å². The lowest BCUT2D eigenvalue weighted by Crippen LogP contribution is -2.35. The van der Waals surface area contributed by atoms with E-state index in [0.717, 1.165) is 18.4 Å². The number of ether oxygens (including phenoxy) is 1. The molecule has 0 amide bonds. The number of hydrogen-bond acceptors (Lipinski definition) is 3. The van der Waals surface area contributed by atoms with Crippen LogP contribution >= 0.6 is 0 Å². The van der Waals surface area contributed by atoms with Crippen LogP contribution in [-0.4, -0.2) is 17.0 Å². The molecule has 4 heteroatoms. The molecule has 102 valence electrons. The van der Waals surface area contributed by atoms with Gasteiger partial charge in [0.05, 0.1) is 11.8 Å². The maximum Gasteiger partial charge on any atom is 0.315 e. The van der Waals surface area contributed by atoms with E-state index < -0.39 is 23.8 Å². The number of carboxylic acids is 1. The summed E-state index contributed by atoms with van der Waals surface area (Å²) in [6, 6.07) is 7.17. The van der Waals surface area contributed by atoms with Crippen LogP contribution in [0.1, 0.15) is 31.2 Å². The molecule has 0 spiro atoms. The van der Waals surface area contributed by atoms with E-state index in [1.807, 2.05) is 19.1 Å². The number of carboxylic acid groups (broad SMARTS) is 1. The standard InChI is InChI=1S/C15H18O4/c1-10-6-8-11(9-7-10)19-15(18)13-5-3-2-4-12(13)14(16)17/h6-9,12-13H,2-5H2,1H3,(H,16,17)/t12-,13-/m1/s1. The number of carbonyl (C=O) groups excluding carboxylic acids is 1. The van der Waals surface area contributed by atoms with Gasteiger partial charge in [0.15, 0.2) is 0 Å². The zero-order chi connectivity index (χ0) is 13.8. The third-order valence-corrected chi connectivity index (χ3v) is 3.63. The number of esters is 1. The van der Waals surface area contributed by atoms with Crippen LogP contribution in [0, 0.1) is 18.8 Å². The highest BCUT2D eigenvalue weighted by molar-refractivity contribution is 5.82. The van der Waals surface area contributed by atoms with E-state index >= 15 is 0 Å². The van der Waals surface area contributed by atoms with Gasteiger partial charge in [0.25, 0.3) is 0 Å². The molecule has 2 atom stereocenters.